The largest absolute Gasteiger partial charge is 0.452 e. The van der Waals surface area contributed by atoms with Gasteiger partial charge < -0.3 is 10.1 Å². The van der Waals surface area contributed by atoms with Gasteiger partial charge in [0.15, 0.2) is 11.6 Å². The van der Waals surface area contributed by atoms with Crippen molar-refractivity contribution in [2.75, 3.05) is 0 Å². The molecule has 1 saturated carbocycles. The van der Waals surface area contributed by atoms with Gasteiger partial charge >= 0.3 is 0 Å². The van der Waals surface area contributed by atoms with E-state index in [1.807, 2.05) is 19.1 Å². The number of hydrogen-bond acceptors (Lipinski definition) is 2. The van der Waals surface area contributed by atoms with Crippen molar-refractivity contribution in [2.24, 2.45) is 0 Å². The second-order valence-electron chi connectivity index (χ2n) is 5.42. The summed E-state index contributed by atoms with van der Waals surface area (Å²) in [6.07, 6.45) is 2.38. The summed E-state index contributed by atoms with van der Waals surface area (Å²) in [7, 11) is 0. The third-order valence-corrected chi connectivity index (χ3v) is 3.80. The molecule has 0 amide bonds. The molecule has 1 N–H and O–H groups in total. The van der Waals surface area contributed by atoms with Crippen LogP contribution in [0.25, 0.3) is 0 Å². The zero-order valence-corrected chi connectivity index (χ0v) is 12.6. The topological polar surface area (TPSA) is 21.3 Å². The lowest BCUT2D eigenvalue weighted by Crippen LogP contribution is -2.16. The molecule has 1 fully saturated rings. The molecule has 4 heteroatoms. The van der Waals surface area contributed by atoms with Gasteiger partial charge in [0.1, 0.15) is 5.75 Å². The molecular formula is C17H17ClFNO. The van der Waals surface area contributed by atoms with Gasteiger partial charge in [-0.25, -0.2) is 4.39 Å². The lowest BCUT2D eigenvalue weighted by atomic mass is 10.2. The maximum absolute atomic E-state index is 14.1. The van der Waals surface area contributed by atoms with Crippen LogP contribution in [0, 0.1) is 12.7 Å². The number of hydrogen-bond donors (Lipinski definition) is 1. The molecule has 1 aliphatic rings. The van der Waals surface area contributed by atoms with E-state index in [1.54, 1.807) is 18.2 Å². The van der Waals surface area contributed by atoms with Crippen molar-refractivity contribution in [2.45, 2.75) is 32.4 Å². The SMILES string of the molecule is Cc1ccc(Oc2c(F)cccc2CNC2CC2)c(Cl)c1. The predicted octanol–water partition coefficient (Wildman–Crippen LogP) is 4.83. The molecule has 0 saturated heterocycles. The summed E-state index contributed by atoms with van der Waals surface area (Å²) >= 11 is 6.16. The zero-order valence-electron chi connectivity index (χ0n) is 11.8. The summed E-state index contributed by atoms with van der Waals surface area (Å²) in [5.74, 6) is 0.346. The molecule has 2 aromatic rings. The monoisotopic (exact) mass is 305 g/mol. The minimum absolute atomic E-state index is 0.247. The highest BCUT2D eigenvalue weighted by molar-refractivity contribution is 6.32. The van der Waals surface area contributed by atoms with Crippen molar-refractivity contribution < 1.29 is 9.13 Å². The van der Waals surface area contributed by atoms with E-state index in [-0.39, 0.29) is 11.6 Å². The van der Waals surface area contributed by atoms with E-state index in [9.17, 15) is 4.39 Å². The molecule has 0 unspecified atom stereocenters. The highest BCUT2D eigenvalue weighted by atomic mass is 35.5. The van der Waals surface area contributed by atoms with Crippen LogP contribution in [0.5, 0.6) is 11.5 Å². The van der Waals surface area contributed by atoms with Crippen molar-refractivity contribution >= 4 is 11.6 Å². The second-order valence-corrected chi connectivity index (χ2v) is 5.83. The minimum Gasteiger partial charge on any atom is -0.452 e. The molecule has 0 spiro atoms. The Bertz CT molecular complexity index is 655. The fourth-order valence-corrected chi connectivity index (χ4v) is 2.42. The van der Waals surface area contributed by atoms with Crippen molar-refractivity contribution in [1.82, 2.24) is 5.32 Å². The number of halogens is 2. The minimum atomic E-state index is -0.373. The van der Waals surface area contributed by atoms with Gasteiger partial charge in [-0.1, -0.05) is 29.8 Å². The lowest BCUT2D eigenvalue weighted by Gasteiger charge is -2.14. The molecule has 0 radical (unpaired) electrons. The summed E-state index contributed by atoms with van der Waals surface area (Å²) in [5.41, 5.74) is 1.84. The Balaban J connectivity index is 1.85. The maximum Gasteiger partial charge on any atom is 0.167 e. The smallest absolute Gasteiger partial charge is 0.167 e. The number of para-hydroxylation sites is 1. The van der Waals surface area contributed by atoms with E-state index in [0.717, 1.165) is 11.1 Å². The summed E-state index contributed by atoms with van der Waals surface area (Å²) in [6, 6.07) is 11.0. The summed E-state index contributed by atoms with van der Waals surface area (Å²) < 4.78 is 19.8. The highest BCUT2D eigenvalue weighted by Crippen LogP contribution is 2.34. The van der Waals surface area contributed by atoms with Crippen LogP contribution in [-0.4, -0.2) is 6.04 Å². The van der Waals surface area contributed by atoms with Crippen molar-refractivity contribution in [3.63, 3.8) is 0 Å². The maximum atomic E-state index is 14.1. The lowest BCUT2D eigenvalue weighted by molar-refractivity contribution is 0.433. The molecule has 3 rings (SSSR count). The number of nitrogens with one attached hydrogen (secondary N) is 1. The van der Waals surface area contributed by atoms with Crippen LogP contribution in [0.1, 0.15) is 24.0 Å². The Labute approximate surface area is 128 Å². The van der Waals surface area contributed by atoms with Gasteiger partial charge in [0.05, 0.1) is 5.02 Å². The first kappa shape index (κ1) is 14.4. The van der Waals surface area contributed by atoms with E-state index in [1.165, 1.54) is 18.9 Å². The fourth-order valence-electron chi connectivity index (χ4n) is 2.15. The molecule has 21 heavy (non-hydrogen) atoms. The van der Waals surface area contributed by atoms with E-state index in [2.05, 4.69) is 5.32 Å². The van der Waals surface area contributed by atoms with E-state index >= 15 is 0 Å². The molecular weight excluding hydrogens is 289 g/mol. The van der Waals surface area contributed by atoms with Crippen LogP contribution in [0.4, 0.5) is 4.39 Å². The average Bonchev–Trinajstić information content (AvgIpc) is 3.26. The average molecular weight is 306 g/mol. The van der Waals surface area contributed by atoms with Crippen LogP contribution >= 0.6 is 11.6 Å². The second kappa shape index (κ2) is 6.04. The summed E-state index contributed by atoms with van der Waals surface area (Å²) in [4.78, 5) is 0. The Morgan fingerprint density at radius 2 is 2.10 bits per heavy atom. The number of benzene rings is 2. The van der Waals surface area contributed by atoms with Gasteiger partial charge in [-0.2, -0.15) is 0 Å². The van der Waals surface area contributed by atoms with Crippen LogP contribution in [0.15, 0.2) is 36.4 Å². The molecule has 0 aliphatic heterocycles. The van der Waals surface area contributed by atoms with E-state index in [0.29, 0.717) is 23.4 Å². The Hall–Kier alpha value is -1.58. The molecule has 2 aromatic carbocycles. The van der Waals surface area contributed by atoms with Gasteiger partial charge in [0, 0.05) is 18.2 Å². The third-order valence-electron chi connectivity index (χ3n) is 3.51. The first-order chi connectivity index (χ1) is 10.1. The molecule has 2 nitrogen and oxygen atoms in total. The fraction of sp³-hybridized carbons (Fsp3) is 0.294. The Morgan fingerprint density at radius 3 is 2.81 bits per heavy atom. The first-order valence-corrected chi connectivity index (χ1v) is 7.46. The van der Waals surface area contributed by atoms with Crippen LogP contribution < -0.4 is 10.1 Å². The van der Waals surface area contributed by atoms with Gasteiger partial charge in [-0.15, -0.1) is 0 Å². The van der Waals surface area contributed by atoms with Crippen LogP contribution in [-0.2, 0) is 6.54 Å². The van der Waals surface area contributed by atoms with Crippen LogP contribution in [0.3, 0.4) is 0 Å². The molecule has 0 aromatic heterocycles. The number of rotatable bonds is 5. The number of ether oxygens (including phenoxy) is 1. The zero-order chi connectivity index (χ0) is 14.8. The normalized spacial score (nSPS) is 14.2. The van der Waals surface area contributed by atoms with E-state index < -0.39 is 0 Å². The third kappa shape index (κ3) is 3.55. The molecule has 0 atom stereocenters. The van der Waals surface area contributed by atoms with Gasteiger partial charge in [0.2, 0.25) is 0 Å². The van der Waals surface area contributed by atoms with Crippen LogP contribution in [0.2, 0.25) is 5.02 Å². The molecule has 1 aliphatic carbocycles. The summed E-state index contributed by atoms with van der Waals surface area (Å²) in [6.45, 7) is 2.55. The number of aryl methyl sites for hydroxylation is 1. The van der Waals surface area contributed by atoms with Gasteiger partial charge in [0.25, 0.3) is 0 Å². The molecule has 0 heterocycles. The van der Waals surface area contributed by atoms with E-state index in [4.69, 9.17) is 16.3 Å². The standard InChI is InChI=1S/C17H17ClFNO/c1-11-5-8-16(14(18)9-11)21-17-12(3-2-4-15(17)19)10-20-13-6-7-13/h2-5,8-9,13,20H,6-7,10H2,1H3. The van der Waals surface area contributed by atoms with Crippen molar-refractivity contribution in [1.29, 1.82) is 0 Å². The van der Waals surface area contributed by atoms with Gasteiger partial charge in [-0.05, 0) is 43.5 Å². The highest BCUT2D eigenvalue weighted by Gasteiger charge is 2.21. The summed E-state index contributed by atoms with van der Waals surface area (Å²) in [5, 5.41) is 3.86. The first-order valence-electron chi connectivity index (χ1n) is 7.08. The Morgan fingerprint density at radius 1 is 1.29 bits per heavy atom. The predicted molar refractivity (Wildman–Crippen MR) is 82.5 cm³/mol. The quantitative estimate of drug-likeness (QED) is 0.854. The molecule has 110 valence electrons. The molecule has 0 bridgehead atoms. The Kier molecular flexibility index (Phi) is 4.13. The van der Waals surface area contributed by atoms with Crippen molar-refractivity contribution in [3.8, 4) is 11.5 Å². The van der Waals surface area contributed by atoms with Gasteiger partial charge in [-0.3, -0.25) is 0 Å². The van der Waals surface area contributed by atoms with Crippen molar-refractivity contribution in [3.05, 3.63) is 58.4 Å².